The van der Waals surface area contributed by atoms with Crippen molar-refractivity contribution in [1.29, 1.82) is 0 Å². The third kappa shape index (κ3) is 3.04. The number of aliphatic carboxylic acids is 1. The summed E-state index contributed by atoms with van der Waals surface area (Å²) in [6.07, 6.45) is 2.31. The summed E-state index contributed by atoms with van der Waals surface area (Å²) < 4.78 is 11.0. The highest BCUT2D eigenvalue weighted by Crippen LogP contribution is 2.40. The van der Waals surface area contributed by atoms with E-state index in [9.17, 15) is 9.59 Å². The second-order valence-electron chi connectivity index (χ2n) is 7.13. The van der Waals surface area contributed by atoms with E-state index in [1.54, 1.807) is 18.2 Å². The van der Waals surface area contributed by atoms with Crippen LogP contribution in [0.15, 0.2) is 18.2 Å². The van der Waals surface area contributed by atoms with E-state index in [0.717, 1.165) is 19.4 Å². The third-order valence-corrected chi connectivity index (χ3v) is 5.56. The maximum atomic E-state index is 12.8. The molecular formula is C18H22N2O5. The molecule has 1 amide bonds. The predicted octanol–water partition coefficient (Wildman–Crippen LogP) is 1.13. The number of benzene rings is 1. The predicted molar refractivity (Wildman–Crippen MR) is 89.0 cm³/mol. The SMILES string of the molecule is O=C(O)[C@H]1CC2(CCN(C(=O)c3ccc4c(c3)OCCO4)CC2)CN1. The van der Waals surface area contributed by atoms with Crippen LogP contribution in [-0.4, -0.2) is 60.8 Å². The van der Waals surface area contributed by atoms with E-state index in [0.29, 0.717) is 49.8 Å². The summed E-state index contributed by atoms with van der Waals surface area (Å²) in [5.41, 5.74) is 0.611. The van der Waals surface area contributed by atoms with Gasteiger partial charge in [-0.3, -0.25) is 9.59 Å². The molecule has 0 aliphatic carbocycles. The van der Waals surface area contributed by atoms with Gasteiger partial charge in [0.1, 0.15) is 19.3 Å². The molecule has 2 saturated heterocycles. The van der Waals surface area contributed by atoms with Gasteiger partial charge < -0.3 is 24.8 Å². The van der Waals surface area contributed by atoms with Gasteiger partial charge in [-0.25, -0.2) is 0 Å². The summed E-state index contributed by atoms with van der Waals surface area (Å²) in [4.78, 5) is 25.8. The lowest BCUT2D eigenvalue weighted by molar-refractivity contribution is -0.139. The summed E-state index contributed by atoms with van der Waals surface area (Å²) in [5.74, 6) is 0.506. The molecule has 2 fully saturated rings. The molecule has 1 atom stereocenters. The molecule has 0 bridgehead atoms. The number of nitrogens with one attached hydrogen (secondary N) is 1. The van der Waals surface area contributed by atoms with Gasteiger partial charge in [0.05, 0.1) is 0 Å². The molecule has 0 unspecified atom stereocenters. The van der Waals surface area contributed by atoms with Crippen LogP contribution in [-0.2, 0) is 4.79 Å². The number of nitrogens with zero attached hydrogens (tertiary/aromatic N) is 1. The Labute approximate surface area is 145 Å². The fraction of sp³-hybridized carbons (Fsp3) is 0.556. The first-order valence-corrected chi connectivity index (χ1v) is 8.71. The number of likely N-dealkylation sites (tertiary alicyclic amines) is 1. The molecule has 7 heteroatoms. The smallest absolute Gasteiger partial charge is 0.320 e. The zero-order valence-corrected chi connectivity index (χ0v) is 14.0. The van der Waals surface area contributed by atoms with Gasteiger partial charge in [-0.1, -0.05) is 0 Å². The fourth-order valence-electron chi connectivity index (χ4n) is 4.02. The summed E-state index contributed by atoms with van der Waals surface area (Å²) in [6.45, 7) is 3.05. The highest BCUT2D eigenvalue weighted by molar-refractivity contribution is 5.95. The van der Waals surface area contributed by atoms with Gasteiger partial charge in [-0.15, -0.1) is 0 Å². The van der Waals surface area contributed by atoms with E-state index in [4.69, 9.17) is 14.6 Å². The molecule has 4 rings (SSSR count). The number of piperidine rings is 1. The first-order chi connectivity index (χ1) is 12.1. The van der Waals surface area contributed by atoms with Crippen molar-refractivity contribution in [3.05, 3.63) is 23.8 Å². The number of carbonyl (C=O) groups is 2. The van der Waals surface area contributed by atoms with E-state index in [1.165, 1.54) is 0 Å². The number of hydrogen-bond donors (Lipinski definition) is 2. The number of rotatable bonds is 2. The Morgan fingerprint density at radius 2 is 1.88 bits per heavy atom. The summed E-state index contributed by atoms with van der Waals surface area (Å²) in [6, 6.07) is 4.85. The highest BCUT2D eigenvalue weighted by atomic mass is 16.6. The van der Waals surface area contributed by atoms with Gasteiger partial charge in [-0.05, 0) is 42.9 Å². The fourth-order valence-corrected chi connectivity index (χ4v) is 4.02. The lowest BCUT2D eigenvalue weighted by Gasteiger charge is -2.39. The van der Waals surface area contributed by atoms with Crippen molar-refractivity contribution >= 4 is 11.9 Å². The second kappa shape index (κ2) is 6.22. The van der Waals surface area contributed by atoms with Crippen LogP contribution in [0.5, 0.6) is 11.5 Å². The monoisotopic (exact) mass is 346 g/mol. The molecule has 3 heterocycles. The Kier molecular flexibility index (Phi) is 4.03. The zero-order valence-electron chi connectivity index (χ0n) is 14.0. The van der Waals surface area contributed by atoms with Crippen LogP contribution in [0.1, 0.15) is 29.6 Å². The molecule has 0 aromatic heterocycles. The van der Waals surface area contributed by atoms with Gasteiger partial charge >= 0.3 is 5.97 Å². The van der Waals surface area contributed by atoms with Crippen LogP contribution in [0.2, 0.25) is 0 Å². The maximum Gasteiger partial charge on any atom is 0.320 e. The van der Waals surface area contributed by atoms with Crippen molar-refractivity contribution in [3.63, 3.8) is 0 Å². The molecule has 1 spiro atoms. The number of fused-ring (bicyclic) bond motifs is 1. The number of ether oxygens (including phenoxy) is 2. The molecule has 3 aliphatic heterocycles. The van der Waals surface area contributed by atoms with E-state index in [2.05, 4.69) is 5.32 Å². The second-order valence-corrected chi connectivity index (χ2v) is 7.13. The maximum absolute atomic E-state index is 12.8. The topological polar surface area (TPSA) is 88.1 Å². The zero-order chi connectivity index (χ0) is 17.4. The Balaban J connectivity index is 1.41. The molecule has 1 aromatic rings. The summed E-state index contributed by atoms with van der Waals surface area (Å²) in [5, 5.41) is 12.3. The lowest BCUT2D eigenvalue weighted by Crippen LogP contribution is -2.44. The van der Waals surface area contributed by atoms with E-state index >= 15 is 0 Å². The van der Waals surface area contributed by atoms with Crippen LogP contribution in [0, 0.1) is 5.41 Å². The Morgan fingerprint density at radius 3 is 2.56 bits per heavy atom. The quantitative estimate of drug-likeness (QED) is 0.835. The number of hydrogen-bond acceptors (Lipinski definition) is 5. The first kappa shape index (κ1) is 16.2. The van der Waals surface area contributed by atoms with Crippen LogP contribution in [0.3, 0.4) is 0 Å². The minimum atomic E-state index is -0.786. The van der Waals surface area contributed by atoms with Gasteiger partial charge in [0.25, 0.3) is 5.91 Å². The molecule has 134 valence electrons. The normalized spacial score (nSPS) is 24.3. The Morgan fingerprint density at radius 1 is 1.16 bits per heavy atom. The molecule has 0 radical (unpaired) electrons. The summed E-state index contributed by atoms with van der Waals surface area (Å²) >= 11 is 0. The van der Waals surface area contributed by atoms with Gasteiger partial charge in [0, 0.05) is 25.2 Å². The standard InChI is InChI=1S/C18H22N2O5/c21-16(12-1-2-14-15(9-12)25-8-7-24-14)20-5-3-18(4-6-20)10-13(17(22)23)19-11-18/h1-2,9,13,19H,3-8,10-11H2,(H,22,23)/t13-/m1/s1. The number of carboxylic acid groups (broad SMARTS) is 1. The van der Waals surface area contributed by atoms with Crippen molar-refractivity contribution < 1.29 is 24.2 Å². The van der Waals surface area contributed by atoms with Gasteiger partial charge in [0.15, 0.2) is 11.5 Å². The van der Waals surface area contributed by atoms with Crippen molar-refractivity contribution in [2.75, 3.05) is 32.8 Å². The van der Waals surface area contributed by atoms with E-state index in [-0.39, 0.29) is 11.3 Å². The average molecular weight is 346 g/mol. The van der Waals surface area contributed by atoms with Gasteiger partial charge in [-0.2, -0.15) is 0 Å². The van der Waals surface area contributed by atoms with E-state index < -0.39 is 12.0 Å². The first-order valence-electron chi connectivity index (χ1n) is 8.71. The number of carbonyl (C=O) groups excluding carboxylic acids is 1. The van der Waals surface area contributed by atoms with Crippen LogP contribution in [0.4, 0.5) is 0 Å². The molecule has 7 nitrogen and oxygen atoms in total. The molecule has 1 aromatic carbocycles. The molecule has 25 heavy (non-hydrogen) atoms. The molecular weight excluding hydrogens is 324 g/mol. The minimum Gasteiger partial charge on any atom is -0.486 e. The van der Waals surface area contributed by atoms with Crippen LogP contribution in [0.25, 0.3) is 0 Å². The van der Waals surface area contributed by atoms with Gasteiger partial charge in [0.2, 0.25) is 0 Å². The third-order valence-electron chi connectivity index (χ3n) is 5.56. The van der Waals surface area contributed by atoms with Crippen molar-refractivity contribution in [2.24, 2.45) is 5.41 Å². The molecule has 0 saturated carbocycles. The van der Waals surface area contributed by atoms with Crippen molar-refractivity contribution in [1.82, 2.24) is 10.2 Å². The van der Waals surface area contributed by atoms with Crippen LogP contribution >= 0.6 is 0 Å². The lowest BCUT2D eigenvalue weighted by atomic mass is 9.76. The van der Waals surface area contributed by atoms with Crippen molar-refractivity contribution in [2.45, 2.75) is 25.3 Å². The minimum absolute atomic E-state index is 0.00659. The van der Waals surface area contributed by atoms with Crippen molar-refractivity contribution in [3.8, 4) is 11.5 Å². The van der Waals surface area contributed by atoms with E-state index in [1.807, 2.05) is 4.90 Å². The largest absolute Gasteiger partial charge is 0.486 e. The number of carboxylic acids is 1. The Bertz CT molecular complexity index is 697. The molecule has 2 N–H and O–H groups in total. The highest BCUT2D eigenvalue weighted by Gasteiger charge is 2.44. The average Bonchev–Trinajstić information content (AvgIpc) is 3.05. The Hall–Kier alpha value is -2.28. The summed E-state index contributed by atoms with van der Waals surface area (Å²) in [7, 11) is 0. The van der Waals surface area contributed by atoms with Crippen LogP contribution < -0.4 is 14.8 Å². The number of amides is 1. The molecule has 3 aliphatic rings.